The number of carbonyl (C=O) groups is 2. The lowest BCUT2D eigenvalue weighted by atomic mass is 10.2. The molecule has 7 heteroatoms. The van der Waals surface area contributed by atoms with Crippen LogP contribution in [0.1, 0.15) is 21.7 Å². The molecule has 2 heterocycles. The molecular formula is C27H22N4O3. The van der Waals surface area contributed by atoms with Crippen molar-refractivity contribution in [3.63, 3.8) is 0 Å². The minimum atomic E-state index is -0.436. The first-order chi connectivity index (χ1) is 16.6. The molecule has 0 atom stereocenters. The highest BCUT2D eigenvalue weighted by Crippen LogP contribution is 2.21. The van der Waals surface area contributed by atoms with Gasteiger partial charge in [-0.25, -0.2) is 5.43 Å². The van der Waals surface area contributed by atoms with Gasteiger partial charge in [-0.15, -0.1) is 0 Å². The van der Waals surface area contributed by atoms with Crippen LogP contribution in [-0.4, -0.2) is 22.6 Å². The lowest BCUT2D eigenvalue weighted by molar-refractivity contribution is -0.116. The number of nitrogens with one attached hydrogen (secondary N) is 2. The Morgan fingerprint density at radius 3 is 2.68 bits per heavy atom. The molecule has 0 saturated carbocycles. The van der Waals surface area contributed by atoms with Gasteiger partial charge in [0.25, 0.3) is 0 Å². The largest absolute Gasteiger partial charge is 0.451 e. The summed E-state index contributed by atoms with van der Waals surface area (Å²) in [4.78, 5) is 25.1. The van der Waals surface area contributed by atoms with Gasteiger partial charge in [-0.2, -0.15) is 5.10 Å². The van der Waals surface area contributed by atoms with Gasteiger partial charge in [-0.05, 0) is 42.8 Å². The van der Waals surface area contributed by atoms with E-state index in [2.05, 4.69) is 15.8 Å². The molecule has 0 bridgehead atoms. The highest BCUT2D eigenvalue weighted by atomic mass is 16.3. The Morgan fingerprint density at radius 2 is 1.82 bits per heavy atom. The van der Waals surface area contributed by atoms with Crippen molar-refractivity contribution in [3.05, 3.63) is 102 Å². The van der Waals surface area contributed by atoms with E-state index in [4.69, 9.17) is 4.42 Å². The van der Waals surface area contributed by atoms with Crippen molar-refractivity contribution in [1.29, 1.82) is 0 Å². The van der Waals surface area contributed by atoms with Crippen molar-refractivity contribution >= 4 is 45.6 Å². The Labute approximate surface area is 195 Å². The monoisotopic (exact) mass is 450 g/mol. The molecule has 0 saturated heterocycles. The molecule has 5 rings (SSSR count). The summed E-state index contributed by atoms with van der Waals surface area (Å²) in [5, 5.41) is 8.82. The van der Waals surface area contributed by atoms with E-state index in [0.717, 1.165) is 33.1 Å². The number of rotatable bonds is 6. The van der Waals surface area contributed by atoms with E-state index in [1.54, 1.807) is 18.3 Å². The van der Waals surface area contributed by atoms with Crippen LogP contribution in [-0.2, 0) is 11.3 Å². The average molecular weight is 450 g/mol. The molecule has 3 aromatic carbocycles. The highest BCUT2D eigenvalue weighted by molar-refractivity contribution is 6.01. The number of para-hydroxylation sites is 2. The van der Waals surface area contributed by atoms with Crippen LogP contribution in [0.15, 0.2) is 94.6 Å². The first-order valence-electron chi connectivity index (χ1n) is 10.8. The molecule has 0 aliphatic carbocycles. The van der Waals surface area contributed by atoms with Gasteiger partial charge in [0.1, 0.15) is 12.1 Å². The highest BCUT2D eigenvalue weighted by Gasteiger charge is 2.13. The molecule has 2 aromatic heterocycles. The van der Waals surface area contributed by atoms with E-state index in [-0.39, 0.29) is 18.2 Å². The third-order valence-electron chi connectivity index (χ3n) is 5.45. The zero-order chi connectivity index (χ0) is 23.5. The van der Waals surface area contributed by atoms with Crippen LogP contribution in [0.3, 0.4) is 0 Å². The third kappa shape index (κ3) is 4.45. The van der Waals surface area contributed by atoms with Crippen molar-refractivity contribution in [1.82, 2.24) is 9.99 Å². The maximum absolute atomic E-state index is 12.6. The van der Waals surface area contributed by atoms with Gasteiger partial charge in [0.2, 0.25) is 5.91 Å². The van der Waals surface area contributed by atoms with Gasteiger partial charge in [0.05, 0.1) is 6.21 Å². The van der Waals surface area contributed by atoms with Crippen LogP contribution in [0.4, 0.5) is 5.69 Å². The SMILES string of the molecule is Cc1cccc(NC(=O)Cn2cc(/C=N/NC(=O)c3cc4ccccc4o3)c3ccccc32)c1. The van der Waals surface area contributed by atoms with E-state index >= 15 is 0 Å². The molecule has 7 nitrogen and oxygen atoms in total. The van der Waals surface area contributed by atoms with E-state index in [9.17, 15) is 9.59 Å². The number of carbonyl (C=O) groups excluding carboxylic acids is 2. The molecule has 0 radical (unpaired) electrons. The van der Waals surface area contributed by atoms with Gasteiger partial charge in [-0.1, -0.05) is 48.5 Å². The summed E-state index contributed by atoms with van der Waals surface area (Å²) in [6.07, 6.45) is 3.41. The summed E-state index contributed by atoms with van der Waals surface area (Å²) >= 11 is 0. The molecule has 0 unspecified atom stereocenters. The van der Waals surface area contributed by atoms with Gasteiger partial charge in [-0.3, -0.25) is 9.59 Å². The number of furan rings is 1. The maximum Gasteiger partial charge on any atom is 0.307 e. The fourth-order valence-electron chi connectivity index (χ4n) is 3.90. The second-order valence-corrected chi connectivity index (χ2v) is 7.99. The summed E-state index contributed by atoms with van der Waals surface area (Å²) in [6.45, 7) is 2.13. The van der Waals surface area contributed by atoms with Crippen LogP contribution in [0.5, 0.6) is 0 Å². The van der Waals surface area contributed by atoms with Crippen LogP contribution in [0.25, 0.3) is 21.9 Å². The van der Waals surface area contributed by atoms with Crippen molar-refractivity contribution in [3.8, 4) is 0 Å². The number of hydrogen-bond acceptors (Lipinski definition) is 4. The number of hydrazone groups is 1. The number of benzene rings is 3. The second kappa shape index (κ2) is 9.07. The predicted octanol–water partition coefficient (Wildman–Crippen LogP) is 5.10. The quantitative estimate of drug-likeness (QED) is 0.279. The number of nitrogens with zero attached hydrogens (tertiary/aromatic N) is 2. The first-order valence-corrected chi connectivity index (χ1v) is 10.8. The Kier molecular flexibility index (Phi) is 5.66. The standard InChI is InChI=1S/C27H22N4O3/c1-18-7-6-9-21(13-18)29-26(32)17-31-16-20(22-10-3-4-11-23(22)31)15-28-30-27(33)25-14-19-8-2-5-12-24(19)34-25/h2-16H,17H2,1H3,(H,29,32)(H,30,33)/b28-15+. The molecule has 168 valence electrons. The van der Waals surface area contributed by atoms with Gasteiger partial charge in [0.15, 0.2) is 5.76 Å². The second-order valence-electron chi connectivity index (χ2n) is 7.99. The molecule has 2 amide bonds. The fourth-order valence-corrected chi connectivity index (χ4v) is 3.90. The lowest BCUT2D eigenvalue weighted by Gasteiger charge is -2.08. The minimum Gasteiger partial charge on any atom is -0.451 e. The summed E-state index contributed by atoms with van der Waals surface area (Å²) in [5.74, 6) is -0.379. The number of aromatic nitrogens is 1. The zero-order valence-corrected chi connectivity index (χ0v) is 18.5. The van der Waals surface area contributed by atoms with Crippen molar-refractivity contribution in [2.45, 2.75) is 13.5 Å². The van der Waals surface area contributed by atoms with E-state index in [1.807, 2.05) is 84.4 Å². The zero-order valence-electron chi connectivity index (χ0n) is 18.5. The van der Waals surface area contributed by atoms with E-state index in [0.29, 0.717) is 5.58 Å². The van der Waals surface area contributed by atoms with Crippen LogP contribution < -0.4 is 10.7 Å². The summed E-state index contributed by atoms with van der Waals surface area (Å²) in [5.41, 5.74) is 6.67. The van der Waals surface area contributed by atoms with E-state index in [1.165, 1.54) is 0 Å². The van der Waals surface area contributed by atoms with Crippen molar-refractivity contribution < 1.29 is 14.0 Å². The fraction of sp³-hybridized carbons (Fsp3) is 0.0741. The van der Waals surface area contributed by atoms with Gasteiger partial charge in [0, 0.05) is 33.7 Å². The van der Waals surface area contributed by atoms with Crippen molar-refractivity contribution in [2.75, 3.05) is 5.32 Å². The molecule has 0 spiro atoms. The summed E-state index contributed by atoms with van der Waals surface area (Å²) in [6, 6.07) is 24.5. The molecule has 2 N–H and O–H groups in total. The van der Waals surface area contributed by atoms with E-state index < -0.39 is 5.91 Å². The normalized spacial score (nSPS) is 11.3. The van der Waals surface area contributed by atoms with Crippen LogP contribution in [0, 0.1) is 6.92 Å². The number of amides is 2. The average Bonchev–Trinajstić information content (AvgIpc) is 3.41. The Bertz CT molecular complexity index is 1510. The lowest BCUT2D eigenvalue weighted by Crippen LogP contribution is -2.18. The Hall–Kier alpha value is -4.65. The molecule has 0 aliphatic heterocycles. The minimum absolute atomic E-state index is 0.131. The smallest absolute Gasteiger partial charge is 0.307 e. The molecule has 0 fully saturated rings. The van der Waals surface area contributed by atoms with Crippen molar-refractivity contribution in [2.24, 2.45) is 5.10 Å². The number of anilines is 1. The molecular weight excluding hydrogens is 428 g/mol. The molecule has 34 heavy (non-hydrogen) atoms. The van der Waals surface area contributed by atoms with Gasteiger partial charge >= 0.3 is 5.91 Å². The topological polar surface area (TPSA) is 88.6 Å². The predicted molar refractivity (Wildman–Crippen MR) is 133 cm³/mol. The number of fused-ring (bicyclic) bond motifs is 2. The molecule has 0 aliphatic rings. The summed E-state index contributed by atoms with van der Waals surface area (Å²) < 4.78 is 7.44. The number of hydrogen-bond donors (Lipinski definition) is 2. The molecule has 5 aromatic rings. The van der Waals surface area contributed by atoms with Gasteiger partial charge < -0.3 is 14.3 Å². The summed E-state index contributed by atoms with van der Waals surface area (Å²) in [7, 11) is 0. The van der Waals surface area contributed by atoms with Crippen LogP contribution >= 0.6 is 0 Å². The Morgan fingerprint density at radius 1 is 1.00 bits per heavy atom. The van der Waals surface area contributed by atoms with Crippen LogP contribution in [0.2, 0.25) is 0 Å². The maximum atomic E-state index is 12.6. The number of aryl methyl sites for hydroxylation is 1. The third-order valence-corrected chi connectivity index (χ3v) is 5.45. The first kappa shape index (κ1) is 21.2. The Balaban J connectivity index is 1.32.